The molecule has 0 aliphatic rings. The summed E-state index contributed by atoms with van der Waals surface area (Å²) in [6.45, 7) is 4.52. The average molecular weight is 251 g/mol. The summed E-state index contributed by atoms with van der Waals surface area (Å²) in [4.78, 5) is 11.6. The number of benzene rings is 1. The lowest BCUT2D eigenvalue weighted by atomic mass is 10.1. The minimum Gasteiger partial charge on any atom is -0.462 e. The molecule has 2 N–H and O–H groups in total. The van der Waals surface area contributed by atoms with Crippen molar-refractivity contribution >= 4 is 5.97 Å². The molecule has 4 nitrogen and oxygen atoms in total. The van der Waals surface area contributed by atoms with Gasteiger partial charge >= 0.3 is 5.97 Å². The van der Waals surface area contributed by atoms with Gasteiger partial charge in [-0.1, -0.05) is 30.3 Å². The number of ether oxygens (including phenoxy) is 2. The van der Waals surface area contributed by atoms with Gasteiger partial charge in [-0.2, -0.15) is 0 Å². The first-order valence-electron chi connectivity index (χ1n) is 6.17. The van der Waals surface area contributed by atoms with Gasteiger partial charge in [0.1, 0.15) is 12.6 Å². The Morgan fingerprint density at radius 1 is 1.22 bits per heavy atom. The van der Waals surface area contributed by atoms with Crippen LogP contribution in [0.5, 0.6) is 0 Å². The first kappa shape index (κ1) is 14.7. The normalized spacial score (nSPS) is 12.4. The molecule has 0 amide bonds. The second-order valence-corrected chi connectivity index (χ2v) is 4.38. The Kier molecular flexibility index (Phi) is 6.39. The molecule has 0 radical (unpaired) electrons. The van der Waals surface area contributed by atoms with E-state index < -0.39 is 6.04 Å². The smallest absolute Gasteiger partial charge is 0.323 e. The Balaban J connectivity index is 2.25. The van der Waals surface area contributed by atoms with Crippen molar-refractivity contribution in [1.82, 2.24) is 0 Å². The molecule has 18 heavy (non-hydrogen) atoms. The Labute approximate surface area is 108 Å². The van der Waals surface area contributed by atoms with Gasteiger partial charge in [0.05, 0.1) is 12.7 Å². The number of nitrogens with two attached hydrogens (primary N) is 1. The molecule has 0 aromatic heterocycles. The molecule has 0 aliphatic carbocycles. The molecule has 1 atom stereocenters. The summed E-state index contributed by atoms with van der Waals surface area (Å²) in [6, 6.07) is 9.03. The van der Waals surface area contributed by atoms with Crippen LogP contribution in [0.25, 0.3) is 0 Å². The summed E-state index contributed by atoms with van der Waals surface area (Å²) in [6.07, 6.45) is 0.631. The van der Waals surface area contributed by atoms with Crippen molar-refractivity contribution < 1.29 is 14.3 Å². The van der Waals surface area contributed by atoms with E-state index in [0.29, 0.717) is 13.0 Å². The van der Waals surface area contributed by atoms with Crippen LogP contribution >= 0.6 is 0 Å². The van der Waals surface area contributed by atoms with Gasteiger partial charge in [-0.15, -0.1) is 0 Å². The van der Waals surface area contributed by atoms with Crippen LogP contribution < -0.4 is 5.73 Å². The van der Waals surface area contributed by atoms with E-state index in [1.54, 1.807) is 0 Å². The lowest BCUT2D eigenvalue weighted by Gasteiger charge is -2.12. The van der Waals surface area contributed by atoms with E-state index >= 15 is 0 Å². The highest BCUT2D eigenvalue weighted by molar-refractivity contribution is 5.75. The summed E-state index contributed by atoms with van der Waals surface area (Å²) in [5.41, 5.74) is 6.80. The minimum atomic E-state index is -0.619. The van der Waals surface area contributed by atoms with Crippen LogP contribution in [0.4, 0.5) is 0 Å². The quantitative estimate of drug-likeness (QED) is 0.589. The van der Waals surface area contributed by atoms with Crippen LogP contribution in [0.3, 0.4) is 0 Å². The molecular weight excluding hydrogens is 230 g/mol. The van der Waals surface area contributed by atoms with Crippen LogP contribution in [0.15, 0.2) is 30.3 Å². The highest BCUT2D eigenvalue weighted by Gasteiger charge is 2.15. The van der Waals surface area contributed by atoms with E-state index in [1.165, 1.54) is 0 Å². The summed E-state index contributed by atoms with van der Waals surface area (Å²) in [5.74, 6) is -0.383. The van der Waals surface area contributed by atoms with Gasteiger partial charge in [0, 0.05) is 0 Å². The second-order valence-electron chi connectivity index (χ2n) is 4.38. The van der Waals surface area contributed by atoms with Gasteiger partial charge in [-0.25, -0.2) is 0 Å². The fourth-order valence-electron chi connectivity index (χ4n) is 1.48. The standard InChI is InChI=1S/C14H21NO3/c1-11(2)17-8-9-18-14(16)13(15)10-12-6-4-3-5-7-12/h3-7,11,13H,8-10,15H2,1-2H3. The van der Waals surface area contributed by atoms with Crippen molar-refractivity contribution in [3.63, 3.8) is 0 Å². The number of hydrogen-bond donors (Lipinski definition) is 1. The van der Waals surface area contributed by atoms with Crippen LogP contribution in [-0.2, 0) is 20.7 Å². The monoisotopic (exact) mass is 251 g/mol. The number of carbonyl (C=O) groups excluding carboxylic acids is 1. The molecule has 0 saturated carbocycles. The van der Waals surface area contributed by atoms with Crippen molar-refractivity contribution in [2.45, 2.75) is 32.4 Å². The molecule has 0 aliphatic heterocycles. The Hall–Kier alpha value is -1.39. The topological polar surface area (TPSA) is 61.5 Å². The molecule has 1 unspecified atom stereocenters. The summed E-state index contributed by atoms with van der Waals surface area (Å²) in [7, 11) is 0. The van der Waals surface area contributed by atoms with Crippen molar-refractivity contribution in [2.75, 3.05) is 13.2 Å². The fraction of sp³-hybridized carbons (Fsp3) is 0.500. The molecule has 1 rings (SSSR count). The van der Waals surface area contributed by atoms with Crippen LogP contribution in [-0.4, -0.2) is 31.3 Å². The molecule has 1 aromatic rings. The lowest BCUT2D eigenvalue weighted by Crippen LogP contribution is -2.35. The number of hydrogen-bond acceptors (Lipinski definition) is 4. The van der Waals surface area contributed by atoms with Gasteiger partial charge in [0.15, 0.2) is 0 Å². The zero-order chi connectivity index (χ0) is 13.4. The third kappa shape index (κ3) is 5.80. The fourth-order valence-corrected chi connectivity index (χ4v) is 1.48. The van der Waals surface area contributed by atoms with E-state index in [2.05, 4.69) is 0 Å². The summed E-state index contributed by atoms with van der Waals surface area (Å²) < 4.78 is 10.3. The minimum absolute atomic E-state index is 0.140. The maximum atomic E-state index is 11.6. The number of esters is 1. The highest BCUT2D eigenvalue weighted by atomic mass is 16.6. The zero-order valence-electron chi connectivity index (χ0n) is 11.0. The van der Waals surface area contributed by atoms with Crippen LogP contribution in [0.2, 0.25) is 0 Å². The zero-order valence-corrected chi connectivity index (χ0v) is 11.0. The van der Waals surface area contributed by atoms with Gasteiger partial charge in [0.25, 0.3) is 0 Å². The molecule has 0 heterocycles. The third-order valence-corrected chi connectivity index (χ3v) is 2.38. The van der Waals surface area contributed by atoms with E-state index in [0.717, 1.165) is 5.56 Å². The molecule has 100 valence electrons. The number of rotatable bonds is 7. The van der Waals surface area contributed by atoms with Gasteiger partial charge < -0.3 is 15.2 Å². The van der Waals surface area contributed by atoms with Crippen molar-refractivity contribution in [1.29, 1.82) is 0 Å². The first-order chi connectivity index (χ1) is 8.59. The van der Waals surface area contributed by atoms with Gasteiger partial charge in [0.2, 0.25) is 0 Å². The molecule has 1 aromatic carbocycles. The largest absolute Gasteiger partial charge is 0.462 e. The molecule has 0 spiro atoms. The Bertz CT molecular complexity index is 351. The predicted octanol–water partition coefficient (Wildman–Crippen LogP) is 1.52. The van der Waals surface area contributed by atoms with Crippen molar-refractivity contribution in [3.05, 3.63) is 35.9 Å². The maximum absolute atomic E-state index is 11.6. The average Bonchev–Trinajstić information content (AvgIpc) is 2.35. The molecule has 0 bridgehead atoms. The predicted molar refractivity (Wildman–Crippen MR) is 70.2 cm³/mol. The van der Waals surface area contributed by atoms with Crippen molar-refractivity contribution in [2.24, 2.45) is 5.73 Å². The molecule has 0 fully saturated rings. The van der Waals surface area contributed by atoms with Gasteiger partial charge in [-0.05, 0) is 25.8 Å². The summed E-state index contributed by atoms with van der Waals surface area (Å²) in [5, 5.41) is 0. The Morgan fingerprint density at radius 2 is 1.89 bits per heavy atom. The highest BCUT2D eigenvalue weighted by Crippen LogP contribution is 2.03. The lowest BCUT2D eigenvalue weighted by molar-refractivity contribution is -0.147. The van der Waals surface area contributed by atoms with E-state index in [-0.39, 0.29) is 18.7 Å². The van der Waals surface area contributed by atoms with Crippen LogP contribution in [0, 0.1) is 0 Å². The third-order valence-electron chi connectivity index (χ3n) is 2.38. The second kappa shape index (κ2) is 7.84. The maximum Gasteiger partial charge on any atom is 0.323 e. The molecule has 4 heteroatoms. The van der Waals surface area contributed by atoms with E-state index in [9.17, 15) is 4.79 Å². The van der Waals surface area contributed by atoms with Gasteiger partial charge in [-0.3, -0.25) is 4.79 Å². The number of carbonyl (C=O) groups is 1. The molecule has 0 saturated heterocycles. The molecular formula is C14H21NO3. The van der Waals surface area contributed by atoms with Crippen molar-refractivity contribution in [3.8, 4) is 0 Å². The van der Waals surface area contributed by atoms with Crippen LogP contribution in [0.1, 0.15) is 19.4 Å². The van der Waals surface area contributed by atoms with E-state index in [4.69, 9.17) is 15.2 Å². The summed E-state index contributed by atoms with van der Waals surface area (Å²) >= 11 is 0. The Morgan fingerprint density at radius 3 is 2.50 bits per heavy atom. The SMILES string of the molecule is CC(C)OCCOC(=O)C(N)Cc1ccccc1. The van der Waals surface area contributed by atoms with E-state index in [1.807, 2.05) is 44.2 Å². The first-order valence-corrected chi connectivity index (χ1v) is 6.17.